The van der Waals surface area contributed by atoms with Gasteiger partial charge in [-0.1, -0.05) is 35.3 Å². The molecule has 3 amide bonds. The SMILES string of the molecule is COc1cc(/C=C2\SC(=O)N(CC(=O)N3CCCCC3)C2=O)cc(Cl)c1OCc1ccc(Cl)cc1. The molecule has 2 aliphatic rings. The molecule has 0 bridgehead atoms. The lowest BCUT2D eigenvalue weighted by atomic mass is 10.1. The quantitative estimate of drug-likeness (QED) is 0.428. The summed E-state index contributed by atoms with van der Waals surface area (Å²) >= 11 is 13.2. The molecule has 0 radical (unpaired) electrons. The number of piperidine rings is 1. The van der Waals surface area contributed by atoms with Crippen molar-refractivity contribution in [3.63, 3.8) is 0 Å². The van der Waals surface area contributed by atoms with E-state index in [9.17, 15) is 14.4 Å². The molecule has 10 heteroatoms. The van der Waals surface area contributed by atoms with Crippen LogP contribution in [-0.4, -0.2) is 53.6 Å². The molecule has 184 valence electrons. The third kappa shape index (κ3) is 6.12. The number of rotatable bonds is 7. The number of carbonyl (C=O) groups is 3. The second-order valence-corrected chi connectivity index (χ2v) is 10.00. The highest BCUT2D eigenvalue weighted by Crippen LogP contribution is 2.39. The molecule has 4 rings (SSSR count). The van der Waals surface area contributed by atoms with Crippen LogP contribution in [0.5, 0.6) is 11.5 Å². The molecule has 35 heavy (non-hydrogen) atoms. The van der Waals surface area contributed by atoms with E-state index in [0.29, 0.717) is 40.2 Å². The molecule has 0 aliphatic carbocycles. The second kappa shape index (κ2) is 11.4. The maximum Gasteiger partial charge on any atom is 0.294 e. The topological polar surface area (TPSA) is 76.2 Å². The lowest BCUT2D eigenvalue weighted by Gasteiger charge is -2.27. The monoisotopic (exact) mass is 534 g/mol. The third-order valence-corrected chi connectivity index (χ3v) is 7.16. The van der Waals surface area contributed by atoms with Crippen LogP contribution in [0.15, 0.2) is 41.3 Å². The summed E-state index contributed by atoms with van der Waals surface area (Å²) in [5, 5.41) is 0.464. The number of thioether (sulfide) groups is 1. The number of carbonyl (C=O) groups excluding carboxylic acids is 3. The van der Waals surface area contributed by atoms with Gasteiger partial charge in [-0.25, -0.2) is 0 Å². The molecule has 2 aliphatic heterocycles. The van der Waals surface area contributed by atoms with Crippen molar-refractivity contribution in [1.29, 1.82) is 0 Å². The Morgan fingerprint density at radius 1 is 1.09 bits per heavy atom. The van der Waals surface area contributed by atoms with Gasteiger partial charge in [0, 0.05) is 18.1 Å². The molecular weight excluding hydrogens is 511 g/mol. The smallest absolute Gasteiger partial charge is 0.294 e. The standard InChI is InChI=1S/C25H24Cl2N2O5S/c1-33-20-12-17(11-19(27)23(20)34-15-16-5-7-18(26)8-6-16)13-21-24(31)29(25(32)35-21)14-22(30)28-9-3-2-4-10-28/h5-8,11-13H,2-4,9-10,14-15H2,1H3/b21-13-. The normalized spacial score (nSPS) is 17.3. The first-order valence-electron chi connectivity index (χ1n) is 11.1. The average molecular weight is 535 g/mol. The molecule has 2 saturated heterocycles. The lowest BCUT2D eigenvalue weighted by Crippen LogP contribution is -2.44. The van der Waals surface area contributed by atoms with Crippen molar-refractivity contribution in [2.75, 3.05) is 26.7 Å². The van der Waals surface area contributed by atoms with E-state index in [1.54, 1.807) is 35.2 Å². The summed E-state index contributed by atoms with van der Waals surface area (Å²) in [6, 6.07) is 10.6. The number of hydrogen-bond acceptors (Lipinski definition) is 6. The Morgan fingerprint density at radius 2 is 1.80 bits per heavy atom. The number of likely N-dealkylation sites (tertiary alicyclic amines) is 1. The van der Waals surface area contributed by atoms with Crippen LogP contribution in [0.3, 0.4) is 0 Å². The van der Waals surface area contributed by atoms with Gasteiger partial charge in [0.15, 0.2) is 11.5 Å². The van der Waals surface area contributed by atoms with Gasteiger partial charge in [0.25, 0.3) is 11.1 Å². The van der Waals surface area contributed by atoms with E-state index in [-0.39, 0.29) is 24.0 Å². The number of halogens is 2. The zero-order valence-corrected chi connectivity index (χ0v) is 21.4. The number of benzene rings is 2. The van der Waals surface area contributed by atoms with E-state index >= 15 is 0 Å². The van der Waals surface area contributed by atoms with Crippen LogP contribution in [-0.2, 0) is 16.2 Å². The van der Waals surface area contributed by atoms with E-state index in [2.05, 4.69) is 0 Å². The molecule has 0 N–H and O–H groups in total. The van der Waals surface area contributed by atoms with Crippen molar-refractivity contribution in [3.8, 4) is 11.5 Å². The predicted octanol–water partition coefficient (Wildman–Crippen LogP) is 5.63. The minimum atomic E-state index is -0.497. The fraction of sp³-hybridized carbons (Fsp3) is 0.320. The minimum Gasteiger partial charge on any atom is -0.493 e. The lowest BCUT2D eigenvalue weighted by molar-refractivity contribution is -0.136. The van der Waals surface area contributed by atoms with Crippen LogP contribution >= 0.6 is 35.0 Å². The Bertz CT molecular complexity index is 1160. The number of hydrogen-bond donors (Lipinski definition) is 0. The molecule has 0 unspecified atom stereocenters. The van der Waals surface area contributed by atoms with Crippen molar-refractivity contribution in [2.45, 2.75) is 25.9 Å². The predicted molar refractivity (Wildman–Crippen MR) is 137 cm³/mol. The van der Waals surface area contributed by atoms with Crippen molar-refractivity contribution in [2.24, 2.45) is 0 Å². The summed E-state index contributed by atoms with van der Waals surface area (Å²) in [5.74, 6) is 0.0439. The molecule has 7 nitrogen and oxygen atoms in total. The number of amides is 3. The van der Waals surface area contributed by atoms with E-state index in [1.165, 1.54) is 7.11 Å². The van der Waals surface area contributed by atoms with Crippen LogP contribution in [0.1, 0.15) is 30.4 Å². The highest BCUT2D eigenvalue weighted by Gasteiger charge is 2.37. The van der Waals surface area contributed by atoms with Gasteiger partial charge in [-0.05, 0) is 72.5 Å². The maximum absolute atomic E-state index is 12.9. The summed E-state index contributed by atoms with van der Waals surface area (Å²) in [6.07, 6.45) is 4.53. The summed E-state index contributed by atoms with van der Waals surface area (Å²) in [7, 11) is 1.49. The number of nitrogens with zero attached hydrogens (tertiary/aromatic N) is 2. The molecule has 2 fully saturated rings. The first kappa shape index (κ1) is 25.4. The number of ether oxygens (including phenoxy) is 2. The van der Waals surface area contributed by atoms with Gasteiger partial charge in [0.2, 0.25) is 5.91 Å². The molecule has 0 saturated carbocycles. The van der Waals surface area contributed by atoms with E-state index in [1.807, 2.05) is 12.1 Å². The summed E-state index contributed by atoms with van der Waals surface area (Å²) < 4.78 is 11.3. The average Bonchev–Trinajstić information content (AvgIpc) is 3.11. The van der Waals surface area contributed by atoms with Crippen molar-refractivity contribution >= 4 is 58.1 Å². The van der Waals surface area contributed by atoms with Crippen molar-refractivity contribution in [3.05, 3.63) is 62.5 Å². The Balaban J connectivity index is 1.47. The first-order valence-corrected chi connectivity index (χ1v) is 12.7. The summed E-state index contributed by atoms with van der Waals surface area (Å²) in [4.78, 5) is 40.8. The Morgan fingerprint density at radius 3 is 2.49 bits per heavy atom. The fourth-order valence-electron chi connectivity index (χ4n) is 3.87. The largest absolute Gasteiger partial charge is 0.493 e. The zero-order chi connectivity index (χ0) is 24.9. The minimum absolute atomic E-state index is 0.208. The zero-order valence-electron chi connectivity index (χ0n) is 19.1. The second-order valence-electron chi connectivity index (χ2n) is 8.16. The molecule has 0 atom stereocenters. The van der Waals surface area contributed by atoms with Gasteiger partial charge in [0.05, 0.1) is 17.0 Å². The summed E-state index contributed by atoms with van der Waals surface area (Å²) in [5.41, 5.74) is 1.47. The highest BCUT2D eigenvalue weighted by molar-refractivity contribution is 8.18. The molecule has 2 heterocycles. The van der Waals surface area contributed by atoms with Gasteiger partial charge in [-0.3, -0.25) is 19.3 Å². The van der Waals surface area contributed by atoms with E-state index in [4.69, 9.17) is 32.7 Å². The molecule has 2 aromatic carbocycles. The van der Waals surface area contributed by atoms with Crippen molar-refractivity contribution in [1.82, 2.24) is 9.80 Å². The van der Waals surface area contributed by atoms with Crippen LogP contribution in [0.25, 0.3) is 6.08 Å². The highest BCUT2D eigenvalue weighted by atomic mass is 35.5. The van der Waals surface area contributed by atoms with Gasteiger partial charge in [0.1, 0.15) is 13.2 Å². The van der Waals surface area contributed by atoms with Gasteiger partial charge < -0.3 is 14.4 Å². The number of methoxy groups -OCH3 is 1. The number of imide groups is 1. The molecule has 0 aromatic heterocycles. The molecule has 2 aromatic rings. The van der Waals surface area contributed by atoms with Gasteiger partial charge in [-0.2, -0.15) is 0 Å². The summed E-state index contributed by atoms with van der Waals surface area (Å²) in [6.45, 7) is 1.34. The molecular formula is C25H24Cl2N2O5S. The van der Waals surface area contributed by atoms with Gasteiger partial charge >= 0.3 is 0 Å². The van der Waals surface area contributed by atoms with E-state index in [0.717, 1.165) is 41.5 Å². The maximum atomic E-state index is 12.9. The fourth-order valence-corrected chi connectivity index (χ4v) is 5.10. The van der Waals surface area contributed by atoms with Crippen LogP contribution in [0, 0.1) is 0 Å². The van der Waals surface area contributed by atoms with Crippen LogP contribution in [0.4, 0.5) is 4.79 Å². The van der Waals surface area contributed by atoms with Gasteiger partial charge in [-0.15, -0.1) is 0 Å². The first-order chi connectivity index (χ1) is 16.9. The van der Waals surface area contributed by atoms with Crippen LogP contribution in [0.2, 0.25) is 10.0 Å². The molecule has 0 spiro atoms. The third-order valence-electron chi connectivity index (χ3n) is 5.72. The van der Waals surface area contributed by atoms with Crippen LogP contribution < -0.4 is 9.47 Å². The Labute approximate surface area is 217 Å². The Hall–Kier alpha value is -2.68. The van der Waals surface area contributed by atoms with E-state index < -0.39 is 11.1 Å². The van der Waals surface area contributed by atoms with Crippen molar-refractivity contribution < 1.29 is 23.9 Å². The Kier molecular flexibility index (Phi) is 8.26.